The Kier molecular flexibility index (Phi) is 10.00. The van der Waals surface area contributed by atoms with E-state index in [1.54, 1.807) is 16.2 Å². The van der Waals surface area contributed by atoms with Crippen molar-refractivity contribution in [2.24, 2.45) is 0 Å². The number of carbonyl (C=O) groups excluding carboxylic acids is 1. The maximum atomic E-state index is 13.8. The molecule has 11 heteroatoms. The van der Waals surface area contributed by atoms with Gasteiger partial charge in [-0.1, -0.05) is 59.6 Å². The van der Waals surface area contributed by atoms with Gasteiger partial charge in [0.1, 0.15) is 4.90 Å². The molecule has 0 saturated carbocycles. The summed E-state index contributed by atoms with van der Waals surface area (Å²) in [5.74, 6) is -0.291. The number of carbonyl (C=O) groups is 1. The highest BCUT2D eigenvalue weighted by Crippen LogP contribution is 2.28. The lowest BCUT2D eigenvalue weighted by Gasteiger charge is -2.31. The number of halogens is 2. The average Bonchev–Trinajstić information content (AvgIpc) is 3.41. The van der Waals surface area contributed by atoms with Gasteiger partial charge in [0.15, 0.2) is 0 Å². The molecular weight excluding hydrogens is 553 g/mol. The first kappa shape index (κ1) is 28.0. The molecule has 0 bridgehead atoms. The predicted molar refractivity (Wildman–Crippen MR) is 147 cm³/mol. The molecule has 1 amide bonds. The van der Waals surface area contributed by atoms with E-state index in [4.69, 9.17) is 27.9 Å². The molecule has 198 valence electrons. The van der Waals surface area contributed by atoms with E-state index in [-0.39, 0.29) is 33.9 Å². The lowest BCUT2D eigenvalue weighted by molar-refractivity contribution is -0.132. The minimum absolute atomic E-state index is 0.0629. The van der Waals surface area contributed by atoms with Crippen molar-refractivity contribution in [1.82, 2.24) is 14.1 Å². The van der Waals surface area contributed by atoms with Gasteiger partial charge in [0.25, 0.3) is 0 Å². The lowest BCUT2D eigenvalue weighted by atomic mass is 10.2. The van der Waals surface area contributed by atoms with Crippen LogP contribution in [0, 0.1) is 0 Å². The average molecular weight is 583 g/mol. The predicted octanol–water partition coefficient (Wildman–Crippen LogP) is 4.61. The molecule has 1 saturated heterocycles. The molecule has 0 spiro atoms. The molecule has 4 rings (SSSR count). The Labute approximate surface area is 232 Å². The first-order valence-electron chi connectivity index (χ1n) is 11.9. The minimum Gasteiger partial charge on any atom is -0.379 e. The van der Waals surface area contributed by atoms with Crippen LogP contribution in [0.1, 0.15) is 10.4 Å². The maximum Gasteiger partial charge on any atom is 0.245 e. The Bertz CT molecular complexity index is 1270. The normalized spacial score (nSPS) is 14.7. The minimum atomic E-state index is -4.10. The van der Waals surface area contributed by atoms with Crippen molar-refractivity contribution in [2.75, 3.05) is 45.9 Å². The van der Waals surface area contributed by atoms with Crippen LogP contribution in [0.2, 0.25) is 10.0 Å². The van der Waals surface area contributed by atoms with Crippen LogP contribution in [0.25, 0.3) is 0 Å². The summed E-state index contributed by atoms with van der Waals surface area (Å²) >= 11 is 14.0. The molecule has 1 aliphatic heterocycles. The fourth-order valence-electron chi connectivity index (χ4n) is 4.05. The van der Waals surface area contributed by atoms with Crippen molar-refractivity contribution >= 4 is 50.5 Å². The van der Waals surface area contributed by atoms with Crippen molar-refractivity contribution in [3.63, 3.8) is 0 Å². The Morgan fingerprint density at radius 2 is 1.76 bits per heavy atom. The second-order valence-electron chi connectivity index (χ2n) is 8.68. The van der Waals surface area contributed by atoms with Crippen LogP contribution in [0.4, 0.5) is 0 Å². The summed E-state index contributed by atoms with van der Waals surface area (Å²) in [5.41, 5.74) is 0.966. The third-order valence-corrected chi connectivity index (χ3v) is 9.51. The molecule has 0 atom stereocenters. The van der Waals surface area contributed by atoms with Crippen LogP contribution >= 0.6 is 34.5 Å². The summed E-state index contributed by atoms with van der Waals surface area (Å²) in [6.07, 6.45) is 0. The van der Waals surface area contributed by atoms with Gasteiger partial charge in [0.05, 0.1) is 31.3 Å². The van der Waals surface area contributed by atoms with Crippen molar-refractivity contribution in [1.29, 1.82) is 0 Å². The first-order chi connectivity index (χ1) is 17.8. The molecule has 1 aromatic heterocycles. The standard InChI is InChI=1S/C26H29Cl2N3O4S2/c27-22-8-9-24(28)25(17-22)37(33,34)31(11-10-29-12-14-35-15-13-29)20-26(32)30(19-23-7-4-16-36-23)18-21-5-2-1-3-6-21/h1-9,16-17H,10-15,18-20H2. The molecule has 2 aromatic carbocycles. The second-order valence-corrected chi connectivity index (χ2v) is 12.5. The highest BCUT2D eigenvalue weighted by atomic mass is 35.5. The van der Waals surface area contributed by atoms with E-state index >= 15 is 0 Å². The van der Waals surface area contributed by atoms with E-state index in [9.17, 15) is 13.2 Å². The van der Waals surface area contributed by atoms with Crippen LogP contribution in [0.5, 0.6) is 0 Å². The van der Waals surface area contributed by atoms with E-state index in [1.165, 1.54) is 22.5 Å². The zero-order valence-corrected chi connectivity index (χ0v) is 23.4. The molecule has 1 aliphatic rings. The Morgan fingerprint density at radius 1 is 1.00 bits per heavy atom. The molecule has 3 aromatic rings. The SMILES string of the molecule is O=C(CN(CCN1CCOCC1)S(=O)(=O)c1cc(Cl)ccc1Cl)N(Cc1ccccc1)Cc1cccs1. The van der Waals surface area contributed by atoms with Gasteiger partial charge in [0, 0.05) is 42.6 Å². The number of hydrogen-bond donors (Lipinski definition) is 0. The summed E-state index contributed by atoms with van der Waals surface area (Å²) < 4.78 is 34.2. The molecule has 7 nitrogen and oxygen atoms in total. The van der Waals surface area contributed by atoms with Crippen LogP contribution < -0.4 is 0 Å². The zero-order chi connectivity index (χ0) is 26.3. The molecule has 37 heavy (non-hydrogen) atoms. The molecule has 0 aliphatic carbocycles. The topological polar surface area (TPSA) is 70.2 Å². The van der Waals surface area contributed by atoms with E-state index < -0.39 is 10.0 Å². The fourth-order valence-corrected chi connectivity index (χ4v) is 6.89. The summed E-state index contributed by atoms with van der Waals surface area (Å²) in [4.78, 5) is 18.4. The van der Waals surface area contributed by atoms with E-state index in [0.717, 1.165) is 10.4 Å². The van der Waals surface area contributed by atoms with Crippen LogP contribution in [0.15, 0.2) is 70.9 Å². The molecule has 1 fully saturated rings. The Balaban J connectivity index is 1.60. The van der Waals surface area contributed by atoms with Crippen LogP contribution in [-0.4, -0.2) is 74.4 Å². The van der Waals surface area contributed by atoms with Crippen molar-refractivity contribution in [3.05, 3.63) is 86.5 Å². The van der Waals surface area contributed by atoms with E-state index in [0.29, 0.717) is 45.9 Å². The summed E-state index contributed by atoms with van der Waals surface area (Å²) in [6, 6.07) is 17.9. The van der Waals surface area contributed by atoms with Gasteiger partial charge in [-0.15, -0.1) is 11.3 Å². The highest BCUT2D eigenvalue weighted by Gasteiger charge is 2.31. The van der Waals surface area contributed by atoms with Gasteiger partial charge in [0.2, 0.25) is 15.9 Å². The zero-order valence-electron chi connectivity index (χ0n) is 20.3. The Hall–Kier alpha value is -1.98. The molecular formula is C26H29Cl2N3O4S2. The van der Waals surface area contributed by atoms with Gasteiger partial charge in [-0.2, -0.15) is 4.31 Å². The Morgan fingerprint density at radius 3 is 2.46 bits per heavy atom. The number of thiophene rings is 1. The number of morpholine rings is 1. The smallest absolute Gasteiger partial charge is 0.245 e. The van der Waals surface area contributed by atoms with Gasteiger partial charge in [-0.05, 0) is 35.2 Å². The van der Waals surface area contributed by atoms with Crippen LogP contribution in [-0.2, 0) is 32.6 Å². The summed E-state index contributed by atoms with van der Waals surface area (Å²) in [7, 11) is -4.10. The number of sulfonamides is 1. The van der Waals surface area contributed by atoms with Crippen molar-refractivity contribution in [3.8, 4) is 0 Å². The fraction of sp³-hybridized carbons (Fsp3) is 0.346. The van der Waals surface area contributed by atoms with Crippen LogP contribution in [0.3, 0.4) is 0 Å². The van der Waals surface area contributed by atoms with Crippen molar-refractivity contribution < 1.29 is 17.9 Å². The number of nitrogens with zero attached hydrogens (tertiary/aromatic N) is 3. The number of ether oxygens (including phenoxy) is 1. The third kappa shape index (κ3) is 7.77. The number of benzene rings is 2. The largest absolute Gasteiger partial charge is 0.379 e. The van der Waals surface area contributed by atoms with E-state index in [1.807, 2.05) is 47.8 Å². The molecule has 0 N–H and O–H groups in total. The molecule has 0 unspecified atom stereocenters. The van der Waals surface area contributed by atoms with E-state index in [2.05, 4.69) is 4.90 Å². The lowest BCUT2D eigenvalue weighted by Crippen LogP contribution is -2.47. The van der Waals surface area contributed by atoms with Gasteiger partial charge in [-0.3, -0.25) is 9.69 Å². The summed E-state index contributed by atoms with van der Waals surface area (Å²) in [5, 5.41) is 2.28. The number of amides is 1. The van der Waals surface area contributed by atoms with Gasteiger partial charge >= 0.3 is 0 Å². The van der Waals surface area contributed by atoms with Gasteiger partial charge < -0.3 is 9.64 Å². The first-order valence-corrected chi connectivity index (χ1v) is 15.0. The van der Waals surface area contributed by atoms with Crippen molar-refractivity contribution in [2.45, 2.75) is 18.0 Å². The summed E-state index contributed by atoms with van der Waals surface area (Å²) in [6.45, 7) is 3.65. The number of hydrogen-bond acceptors (Lipinski definition) is 6. The maximum absolute atomic E-state index is 13.8. The highest BCUT2D eigenvalue weighted by molar-refractivity contribution is 7.89. The quantitative estimate of drug-likeness (QED) is 0.331. The number of rotatable bonds is 11. The molecule has 2 heterocycles. The third-order valence-electron chi connectivity index (χ3n) is 6.09. The molecule has 0 radical (unpaired) electrons. The monoisotopic (exact) mass is 581 g/mol. The second kappa shape index (κ2) is 13.2. The van der Waals surface area contributed by atoms with Gasteiger partial charge in [-0.25, -0.2) is 8.42 Å².